The van der Waals surface area contributed by atoms with Crippen LogP contribution >= 0.6 is 0 Å². The normalized spacial score (nSPS) is 21.4. The van der Waals surface area contributed by atoms with Crippen LogP contribution in [0.25, 0.3) is 0 Å². The Morgan fingerprint density at radius 2 is 2.40 bits per heavy atom. The molecule has 0 aromatic carbocycles. The fraction of sp³-hybridized carbons (Fsp3) is 0.833. The summed E-state index contributed by atoms with van der Waals surface area (Å²) >= 11 is 0. The molecule has 58 valence electrons. The summed E-state index contributed by atoms with van der Waals surface area (Å²) in [5.74, 6) is 0.119. The second-order valence-corrected chi connectivity index (χ2v) is 2.44. The van der Waals surface area contributed by atoms with Gasteiger partial charge < -0.3 is 15.8 Å². The fourth-order valence-corrected chi connectivity index (χ4v) is 0.842. The molecule has 1 aliphatic rings. The number of nitrogens with two attached hydrogens (primary N) is 1. The van der Waals surface area contributed by atoms with Gasteiger partial charge >= 0.3 is 0 Å². The molecule has 0 bridgehead atoms. The van der Waals surface area contributed by atoms with Crippen molar-refractivity contribution in [1.29, 1.82) is 0 Å². The van der Waals surface area contributed by atoms with Gasteiger partial charge in [-0.25, -0.2) is 0 Å². The number of nitrogens with one attached hydrogen (secondary N) is 1. The number of amides is 1. The van der Waals surface area contributed by atoms with E-state index < -0.39 is 6.04 Å². The molecule has 10 heavy (non-hydrogen) atoms. The maximum Gasteiger partial charge on any atom is 0.237 e. The Labute approximate surface area is 59.7 Å². The molecule has 0 aromatic rings. The highest BCUT2D eigenvalue weighted by molar-refractivity contribution is 5.81. The molecule has 1 fully saturated rings. The summed E-state index contributed by atoms with van der Waals surface area (Å²) in [6, 6.07) is -0.390. The van der Waals surface area contributed by atoms with Crippen molar-refractivity contribution in [3.05, 3.63) is 0 Å². The first kappa shape index (κ1) is 7.50. The van der Waals surface area contributed by atoms with E-state index in [0.717, 1.165) is 0 Å². The zero-order chi connectivity index (χ0) is 7.56. The van der Waals surface area contributed by atoms with Gasteiger partial charge in [-0.2, -0.15) is 0 Å². The van der Waals surface area contributed by atoms with Gasteiger partial charge in [0.05, 0.1) is 19.3 Å². The van der Waals surface area contributed by atoms with Crippen molar-refractivity contribution in [1.82, 2.24) is 5.32 Å². The second-order valence-electron chi connectivity index (χ2n) is 2.44. The molecule has 1 unspecified atom stereocenters. The van der Waals surface area contributed by atoms with E-state index in [1.807, 2.05) is 0 Å². The molecule has 0 spiro atoms. The van der Waals surface area contributed by atoms with Crippen LogP contribution in [0.2, 0.25) is 0 Å². The van der Waals surface area contributed by atoms with Crippen LogP contribution in [0.15, 0.2) is 0 Å². The highest BCUT2D eigenvalue weighted by Gasteiger charge is 2.29. The van der Waals surface area contributed by atoms with Crippen LogP contribution in [0.3, 0.4) is 0 Å². The average molecular weight is 144 g/mol. The largest absolute Gasteiger partial charge is 0.381 e. The van der Waals surface area contributed by atoms with Crippen molar-refractivity contribution in [2.75, 3.05) is 20.3 Å². The van der Waals surface area contributed by atoms with Gasteiger partial charge in [-0.1, -0.05) is 0 Å². The minimum Gasteiger partial charge on any atom is -0.381 e. The summed E-state index contributed by atoms with van der Waals surface area (Å²) < 4.78 is 4.89. The molecule has 1 atom stereocenters. The molecule has 0 radical (unpaired) electrons. The van der Waals surface area contributed by atoms with E-state index in [1.54, 1.807) is 7.05 Å². The lowest BCUT2D eigenvalue weighted by Crippen LogP contribution is -2.51. The fourth-order valence-electron chi connectivity index (χ4n) is 0.842. The van der Waals surface area contributed by atoms with Gasteiger partial charge in [-0.3, -0.25) is 4.79 Å². The van der Waals surface area contributed by atoms with Gasteiger partial charge in [0.25, 0.3) is 0 Å². The predicted molar refractivity (Wildman–Crippen MR) is 36.4 cm³/mol. The molecule has 1 amide bonds. The number of rotatable bonds is 2. The van der Waals surface area contributed by atoms with E-state index in [0.29, 0.717) is 13.2 Å². The second kappa shape index (κ2) is 2.98. The third kappa shape index (κ3) is 1.27. The molecule has 1 aliphatic heterocycles. The summed E-state index contributed by atoms with van der Waals surface area (Å²) in [5, 5.41) is 2.49. The zero-order valence-electron chi connectivity index (χ0n) is 5.96. The van der Waals surface area contributed by atoms with Crippen molar-refractivity contribution in [3.8, 4) is 0 Å². The molecule has 0 saturated carbocycles. The molecular formula is C6H12N2O2. The molecule has 4 heteroatoms. The summed E-state index contributed by atoms with van der Waals surface area (Å²) in [6.45, 7) is 1.24. The van der Waals surface area contributed by atoms with E-state index in [-0.39, 0.29) is 11.8 Å². The van der Waals surface area contributed by atoms with Gasteiger partial charge in [-0.05, 0) is 0 Å². The lowest BCUT2D eigenvalue weighted by Gasteiger charge is -2.29. The van der Waals surface area contributed by atoms with Gasteiger partial charge in [0.1, 0.15) is 0 Å². The Bertz CT molecular complexity index is 134. The standard InChI is InChI=1S/C6H12N2O2/c1-8-6(9)5(7)4-2-10-3-4/h4-5H,2-3,7H2,1H3,(H,8,9). The quantitative estimate of drug-likeness (QED) is 0.506. The van der Waals surface area contributed by atoms with Crippen molar-refractivity contribution >= 4 is 5.91 Å². The Morgan fingerprint density at radius 3 is 2.70 bits per heavy atom. The number of hydrogen-bond acceptors (Lipinski definition) is 3. The van der Waals surface area contributed by atoms with E-state index in [1.165, 1.54) is 0 Å². The molecule has 0 aliphatic carbocycles. The van der Waals surface area contributed by atoms with Crippen molar-refractivity contribution in [3.63, 3.8) is 0 Å². The van der Waals surface area contributed by atoms with Gasteiger partial charge in [0, 0.05) is 13.0 Å². The van der Waals surface area contributed by atoms with Crippen molar-refractivity contribution < 1.29 is 9.53 Å². The topological polar surface area (TPSA) is 64.4 Å². The number of ether oxygens (including phenoxy) is 1. The number of carbonyl (C=O) groups excluding carboxylic acids is 1. The Morgan fingerprint density at radius 1 is 1.80 bits per heavy atom. The molecule has 3 N–H and O–H groups in total. The maximum atomic E-state index is 10.9. The van der Waals surface area contributed by atoms with Crippen LogP contribution in [0, 0.1) is 5.92 Å². The zero-order valence-corrected chi connectivity index (χ0v) is 5.96. The van der Waals surface area contributed by atoms with Gasteiger partial charge in [0.15, 0.2) is 0 Å². The number of hydrogen-bond donors (Lipinski definition) is 2. The van der Waals surface area contributed by atoms with Crippen LogP contribution in [-0.2, 0) is 9.53 Å². The minimum absolute atomic E-state index is 0.103. The SMILES string of the molecule is CNC(=O)C(N)C1COC1. The van der Waals surface area contributed by atoms with Crippen molar-refractivity contribution in [2.45, 2.75) is 6.04 Å². The van der Waals surface area contributed by atoms with E-state index in [9.17, 15) is 4.79 Å². The van der Waals surface area contributed by atoms with Crippen LogP contribution in [0.4, 0.5) is 0 Å². The van der Waals surface area contributed by atoms with Crippen LogP contribution in [-0.4, -0.2) is 32.2 Å². The number of likely N-dealkylation sites (N-methyl/N-ethyl adjacent to an activating group) is 1. The lowest BCUT2D eigenvalue weighted by atomic mass is 9.98. The van der Waals surface area contributed by atoms with E-state index in [2.05, 4.69) is 5.32 Å². The minimum atomic E-state index is -0.390. The predicted octanol–water partition coefficient (Wildman–Crippen LogP) is -1.29. The molecular weight excluding hydrogens is 132 g/mol. The van der Waals surface area contributed by atoms with Crippen LogP contribution in [0.1, 0.15) is 0 Å². The summed E-state index contributed by atoms with van der Waals surface area (Å²) in [4.78, 5) is 10.9. The average Bonchev–Trinajstić information content (AvgIpc) is 1.82. The Kier molecular flexibility index (Phi) is 2.24. The third-order valence-electron chi connectivity index (χ3n) is 1.72. The highest BCUT2D eigenvalue weighted by atomic mass is 16.5. The highest BCUT2D eigenvalue weighted by Crippen LogP contribution is 2.12. The summed E-state index contributed by atoms with van der Waals surface area (Å²) in [7, 11) is 1.59. The first-order chi connectivity index (χ1) is 4.75. The summed E-state index contributed by atoms with van der Waals surface area (Å²) in [5.41, 5.74) is 5.54. The van der Waals surface area contributed by atoms with E-state index >= 15 is 0 Å². The van der Waals surface area contributed by atoms with Gasteiger partial charge in [-0.15, -0.1) is 0 Å². The molecule has 1 saturated heterocycles. The molecule has 1 rings (SSSR count). The maximum absolute atomic E-state index is 10.9. The van der Waals surface area contributed by atoms with Crippen LogP contribution in [0.5, 0.6) is 0 Å². The van der Waals surface area contributed by atoms with Crippen molar-refractivity contribution in [2.24, 2.45) is 11.7 Å². The summed E-state index contributed by atoms with van der Waals surface area (Å²) in [6.07, 6.45) is 0. The lowest BCUT2D eigenvalue weighted by molar-refractivity contribution is -0.128. The first-order valence-corrected chi connectivity index (χ1v) is 3.30. The Balaban J connectivity index is 2.31. The monoisotopic (exact) mass is 144 g/mol. The molecule has 0 aromatic heterocycles. The first-order valence-electron chi connectivity index (χ1n) is 3.30. The molecule has 4 nitrogen and oxygen atoms in total. The molecule has 1 heterocycles. The Hall–Kier alpha value is -0.610. The van der Waals surface area contributed by atoms with E-state index in [4.69, 9.17) is 10.5 Å². The smallest absolute Gasteiger partial charge is 0.237 e. The van der Waals surface area contributed by atoms with Gasteiger partial charge in [0.2, 0.25) is 5.91 Å². The van der Waals surface area contributed by atoms with Crippen LogP contribution < -0.4 is 11.1 Å². The number of carbonyl (C=O) groups is 1. The third-order valence-corrected chi connectivity index (χ3v) is 1.72.